The number of phenolic OH excluding ortho intramolecular Hbond substituents is 2. The van der Waals surface area contributed by atoms with E-state index in [1.807, 2.05) is 21.1 Å². The fraction of sp³-hybridized carbons (Fsp3) is 0.500. The fourth-order valence-electron chi connectivity index (χ4n) is 1.30. The van der Waals surface area contributed by atoms with Crippen molar-refractivity contribution in [2.75, 3.05) is 40.8 Å². The number of aliphatic hydroxyl groups excluding tert-OH is 1. The summed E-state index contributed by atoms with van der Waals surface area (Å²) in [5.74, 6) is -0.456. The third-order valence-electron chi connectivity index (χ3n) is 2.61. The van der Waals surface area contributed by atoms with Gasteiger partial charge in [0.1, 0.15) is 13.2 Å². The first kappa shape index (κ1) is 20.0. The van der Waals surface area contributed by atoms with Gasteiger partial charge in [-0.2, -0.15) is 0 Å². The van der Waals surface area contributed by atoms with Crippen LogP contribution in [0.1, 0.15) is 11.7 Å². The molecular formula is C14H26N3O5+. The molecule has 1 unspecified atom stereocenters. The minimum absolute atomic E-state index is 0.0875. The number of primary amides is 1. The first-order valence-electron chi connectivity index (χ1n) is 6.69. The molecule has 8 nitrogen and oxygen atoms in total. The second kappa shape index (κ2) is 9.08. The lowest BCUT2D eigenvalue weighted by Crippen LogP contribution is -2.38. The van der Waals surface area contributed by atoms with Crippen LogP contribution in [0.3, 0.4) is 0 Å². The van der Waals surface area contributed by atoms with Gasteiger partial charge in [0.2, 0.25) is 0 Å². The molecule has 0 spiro atoms. The van der Waals surface area contributed by atoms with E-state index in [2.05, 4.69) is 4.74 Å². The minimum atomic E-state index is -0.795. The second-order valence-electron chi connectivity index (χ2n) is 5.68. The molecule has 1 aromatic carbocycles. The molecule has 1 amide bonds. The number of quaternary nitrogens is 1. The van der Waals surface area contributed by atoms with E-state index < -0.39 is 12.2 Å². The van der Waals surface area contributed by atoms with Crippen molar-refractivity contribution in [3.05, 3.63) is 23.8 Å². The maximum Gasteiger partial charge on any atom is 0.404 e. The molecule has 0 bridgehead atoms. The smallest absolute Gasteiger partial charge is 0.404 e. The molecule has 0 radical (unpaired) electrons. The van der Waals surface area contributed by atoms with E-state index in [1.54, 1.807) is 0 Å². The normalized spacial score (nSPS) is 12.0. The number of amides is 1. The monoisotopic (exact) mass is 316 g/mol. The molecule has 0 aliphatic rings. The van der Waals surface area contributed by atoms with Crippen molar-refractivity contribution in [2.45, 2.75) is 6.10 Å². The van der Waals surface area contributed by atoms with Gasteiger partial charge >= 0.3 is 6.09 Å². The van der Waals surface area contributed by atoms with Gasteiger partial charge in [-0.3, -0.25) is 0 Å². The Bertz CT molecular complexity index is 474. The maximum atomic E-state index is 10.1. The molecular weight excluding hydrogens is 290 g/mol. The van der Waals surface area contributed by atoms with Gasteiger partial charge in [0, 0.05) is 6.54 Å². The van der Waals surface area contributed by atoms with E-state index in [1.165, 1.54) is 18.2 Å². The Morgan fingerprint density at radius 2 is 1.86 bits per heavy atom. The van der Waals surface area contributed by atoms with Crippen LogP contribution in [0.25, 0.3) is 0 Å². The zero-order chi connectivity index (χ0) is 17.3. The summed E-state index contributed by atoms with van der Waals surface area (Å²) < 4.78 is 5.31. The van der Waals surface area contributed by atoms with Crippen LogP contribution in [0, 0.1) is 0 Å². The van der Waals surface area contributed by atoms with E-state index >= 15 is 0 Å². The lowest BCUT2D eigenvalue weighted by atomic mass is 10.1. The number of nitrogens with zero attached hydrogens (tertiary/aromatic N) is 1. The van der Waals surface area contributed by atoms with Gasteiger partial charge in [0.05, 0.1) is 27.2 Å². The van der Waals surface area contributed by atoms with Crippen LogP contribution in [-0.4, -0.2) is 66.7 Å². The van der Waals surface area contributed by atoms with E-state index in [9.17, 15) is 9.90 Å². The number of carbonyl (C=O) groups is 1. The zero-order valence-electron chi connectivity index (χ0n) is 13.2. The van der Waals surface area contributed by atoms with Crippen molar-refractivity contribution >= 4 is 6.09 Å². The summed E-state index contributed by atoms with van der Waals surface area (Å²) in [6.07, 6.45) is -1.50. The Labute approximate surface area is 130 Å². The topological polar surface area (TPSA) is 139 Å². The highest BCUT2D eigenvalue weighted by Crippen LogP contribution is 2.27. The fourth-order valence-corrected chi connectivity index (χ4v) is 1.30. The summed E-state index contributed by atoms with van der Waals surface area (Å²) in [6.45, 7) is 1.26. The van der Waals surface area contributed by atoms with Crippen molar-refractivity contribution in [2.24, 2.45) is 11.5 Å². The van der Waals surface area contributed by atoms with Gasteiger partial charge < -0.3 is 36.0 Å². The molecule has 7 N–H and O–H groups in total. The Morgan fingerprint density at radius 3 is 2.27 bits per heavy atom. The van der Waals surface area contributed by atoms with Crippen LogP contribution in [0.5, 0.6) is 11.5 Å². The number of rotatable bonds is 5. The third-order valence-corrected chi connectivity index (χ3v) is 2.61. The van der Waals surface area contributed by atoms with Crippen LogP contribution >= 0.6 is 0 Å². The molecule has 0 aliphatic heterocycles. The quantitative estimate of drug-likeness (QED) is 0.379. The summed E-state index contributed by atoms with van der Waals surface area (Å²) in [7, 11) is 6.05. The highest BCUT2D eigenvalue weighted by Gasteiger charge is 2.07. The summed E-state index contributed by atoms with van der Waals surface area (Å²) in [5.41, 5.74) is 10.4. The number of benzene rings is 1. The van der Waals surface area contributed by atoms with Crippen LogP contribution in [-0.2, 0) is 4.74 Å². The van der Waals surface area contributed by atoms with Gasteiger partial charge in [0.25, 0.3) is 0 Å². The summed E-state index contributed by atoms with van der Waals surface area (Å²) >= 11 is 0. The average molecular weight is 316 g/mol. The molecule has 8 heteroatoms. The molecule has 1 rings (SSSR count). The van der Waals surface area contributed by atoms with E-state index in [-0.39, 0.29) is 18.0 Å². The summed E-state index contributed by atoms with van der Waals surface area (Å²) in [4.78, 5) is 10.1. The number of hydrogen-bond donors (Lipinski definition) is 5. The van der Waals surface area contributed by atoms with Crippen LogP contribution in [0.15, 0.2) is 18.2 Å². The average Bonchev–Trinajstić information content (AvgIpc) is 2.40. The number of aliphatic hydroxyl groups is 1. The Hall–Kier alpha value is -2.03. The molecule has 0 heterocycles. The van der Waals surface area contributed by atoms with Gasteiger partial charge in [-0.25, -0.2) is 4.79 Å². The van der Waals surface area contributed by atoms with E-state index in [0.717, 1.165) is 11.0 Å². The number of carbonyl (C=O) groups excluding carboxylic acids is 1. The highest BCUT2D eigenvalue weighted by atomic mass is 16.5. The summed E-state index contributed by atoms with van der Waals surface area (Å²) in [5, 5.41) is 27.2. The standard InChI is InChI=1S/C8H11NO3.C6H14N2O2/c9-4-8(12)5-1-2-6(10)7(11)3-5;1-8(2,3)4-5-10-6(7)9/h1-3,8,10-12H,4,9H2;4-5H2,1-3H3,(H-,7,9)/p+1. The molecule has 0 aliphatic carbocycles. The highest BCUT2D eigenvalue weighted by molar-refractivity contribution is 5.64. The van der Waals surface area contributed by atoms with E-state index in [0.29, 0.717) is 12.2 Å². The molecule has 0 saturated carbocycles. The van der Waals surface area contributed by atoms with E-state index in [4.69, 9.17) is 21.7 Å². The number of hydrogen-bond acceptors (Lipinski definition) is 6. The van der Waals surface area contributed by atoms with Crippen molar-refractivity contribution in [1.82, 2.24) is 0 Å². The largest absolute Gasteiger partial charge is 0.504 e. The second-order valence-corrected chi connectivity index (χ2v) is 5.68. The predicted octanol–water partition coefficient (Wildman–Crippen LogP) is -0.122. The van der Waals surface area contributed by atoms with Gasteiger partial charge in [-0.05, 0) is 17.7 Å². The number of likely N-dealkylation sites (N-methyl/N-ethyl adjacent to an activating group) is 1. The first-order chi connectivity index (χ1) is 10.1. The third kappa shape index (κ3) is 9.01. The molecule has 22 heavy (non-hydrogen) atoms. The lowest BCUT2D eigenvalue weighted by molar-refractivity contribution is -0.870. The zero-order valence-corrected chi connectivity index (χ0v) is 13.2. The minimum Gasteiger partial charge on any atom is -0.504 e. The first-order valence-corrected chi connectivity index (χ1v) is 6.69. The number of ether oxygens (including phenoxy) is 1. The Morgan fingerprint density at radius 1 is 1.27 bits per heavy atom. The van der Waals surface area contributed by atoms with Crippen LogP contribution < -0.4 is 11.5 Å². The number of nitrogens with two attached hydrogens (primary N) is 2. The van der Waals surface area contributed by atoms with Crippen molar-refractivity contribution in [1.29, 1.82) is 0 Å². The van der Waals surface area contributed by atoms with Crippen molar-refractivity contribution in [3.8, 4) is 11.5 Å². The maximum absolute atomic E-state index is 10.1. The lowest BCUT2D eigenvalue weighted by Gasteiger charge is -2.22. The van der Waals surface area contributed by atoms with Crippen LogP contribution in [0.4, 0.5) is 4.79 Å². The molecule has 0 saturated heterocycles. The predicted molar refractivity (Wildman–Crippen MR) is 82.2 cm³/mol. The van der Waals surface area contributed by atoms with Crippen LogP contribution in [0.2, 0.25) is 0 Å². The van der Waals surface area contributed by atoms with Crippen molar-refractivity contribution in [3.63, 3.8) is 0 Å². The van der Waals surface area contributed by atoms with Gasteiger partial charge in [0.15, 0.2) is 11.5 Å². The van der Waals surface area contributed by atoms with Crippen molar-refractivity contribution < 1.29 is 29.3 Å². The molecule has 0 fully saturated rings. The summed E-state index contributed by atoms with van der Waals surface area (Å²) in [6, 6.07) is 4.10. The Kier molecular flexibility index (Phi) is 8.24. The molecule has 1 aromatic rings. The molecule has 126 valence electrons. The molecule has 0 aromatic heterocycles. The van der Waals surface area contributed by atoms with Gasteiger partial charge in [-0.15, -0.1) is 0 Å². The molecule has 1 atom stereocenters. The SMILES string of the molecule is C[N+](C)(C)CCOC(N)=O.NCC(O)c1ccc(O)c(O)c1. The number of aromatic hydroxyl groups is 2. The van der Waals surface area contributed by atoms with Gasteiger partial charge in [-0.1, -0.05) is 6.07 Å². The Balaban J connectivity index is 0.000000409. The number of phenols is 2.